The van der Waals surface area contributed by atoms with Crippen LogP contribution >= 0.6 is 11.6 Å². The first-order chi connectivity index (χ1) is 9.75. The molecule has 20 heavy (non-hydrogen) atoms. The summed E-state index contributed by atoms with van der Waals surface area (Å²) >= 11 is 6.01. The van der Waals surface area contributed by atoms with Crippen LogP contribution in [0.5, 0.6) is 0 Å². The zero-order valence-electron chi connectivity index (χ0n) is 11.0. The number of rotatable bonds is 5. The highest BCUT2D eigenvalue weighted by Crippen LogP contribution is 2.14. The number of hydrogen-bond donors (Lipinski definition) is 2. The van der Waals surface area contributed by atoms with Crippen LogP contribution < -0.4 is 10.6 Å². The Morgan fingerprint density at radius 3 is 2.75 bits per heavy atom. The molecule has 104 valence electrons. The van der Waals surface area contributed by atoms with Gasteiger partial charge in [0.1, 0.15) is 0 Å². The van der Waals surface area contributed by atoms with Gasteiger partial charge in [-0.3, -0.25) is 4.98 Å². The van der Waals surface area contributed by atoms with Crippen LogP contribution in [0, 0.1) is 0 Å². The minimum Gasteiger partial charge on any atom is -0.338 e. The molecule has 1 aromatic heterocycles. The maximum Gasteiger partial charge on any atom is 0.315 e. The van der Waals surface area contributed by atoms with Gasteiger partial charge in [0, 0.05) is 30.5 Å². The van der Waals surface area contributed by atoms with E-state index in [4.69, 9.17) is 11.6 Å². The third-order valence-corrected chi connectivity index (χ3v) is 3.19. The van der Waals surface area contributed by atoms with Crippen molar-refractivity contribution in [3.05, 3.63) is 64.9 Å². The topological polar surface area (TPSA) is 54.0 Å². The van der Waals surface area contributed by atoms with Crippen molar-refractivity contribution in [1.82, 2.24) is 15.6 Å². The van der Waals surface area contributed by atoms with Gasteiger partial charge in [-0.1, -0.05) is 35.9 Å². The Kier molecular flexibility index (Phi) is 5.38. The molecule has 2 amide bonds. The molecule has 0 atom stereocenters. The van der Waals surface area contributed by atoms with Crippen molar-refractivity contribution in [2.24, 2.45) is 0 Å². The highest BCUT2D eigenvalue weighted by molar-refractivity contribution is 6.31. The maximum absolute atomic E-state index is 11.6. The second-order valence-electron chi connectivity index (χ2n) is 4.31. The van der Waals surface area contributed by atoms with Crippen molar-refractivity contribution < 1.29 is 4.79 Å². The van der Waals surface area contributed by atoms with E-state index in [-0.39, 0.29) is 6.03 Å². The third kappa shape index (κ3) is 4.55. The van der Waals surface area contributed by atoms with E-state index in [0.717, 1.165) is 17.5 Å². The standard InChI is InChI=1S/C15H16ClN3O/c16-14-6-2-1-5-13(14)11-19-15(20)18-9-7-12-4-3-8-17-10-12/h1-6,8,10H,7,9,11H2,(H2,18,19,20). The number of urea groups is 1. The summed E-state index contributed by atoms with van der Waals surface area (Å²) in [4.78, 5) is 15.7. The number of carbonyl (C=O) groups is 1. The smallest absolute Gasteiger partial charge is 0.315 e. The van der Waals surface area contributed by atoms with E-state index in [0.29, 0.717) is 18.1 Å². The quantitative estimate of drug-likeness (QED) is 0.889. The van der Waals surface area contributed by atoms with Gasteiger partial charge >= 0.3 is 6.03 Å². The number of carbonyl (C=O) groups excluding carboxylic acids is 1. The van der Waals surface area contributed by atoms with Gasteiger partial charge in [0.25, 0.3) is 0 Å². The lowest BCUT2D eigenvalue weighted by Crippen LogP contribution is -2.36. The van der Waals surface area contributed by atoms with Gasteiger partial charge in [-0.15, -0.1) is 0 Å². The summed E-state index contributed by atoms with van der Waals surface area (Å²) in [5.74, 6) is 0. The van der Waals surface area contributed by atoms with Crippen molar-refractivity contribution in [3.8, 4) is 0 Å². The first-order valence-corrected chi connectivity index (χ1v) is 6.77. The average Bonchev–Trinajstić information content (AvgIpc) is 2.47. The number of aromatic nitrogens is 1. The number of nitrogens with one attached hydrogen (secondary N) is 2. The van der Waals surface area contributed by atoms with Gasteiger partial charge in [-0.05, 0) is 29.7 Å². The summed E-state index contributed by atoms with van der Waals surface area (Å²) in [6.45, 7) is 0.985. The van der Waals surface area contributed by atoms with E-state index in [1.54, 1.807) is 18.5 Å². The Labute approximate surface area is 123 Å². The van der Waals surface area contributed by atoms with E-state index in [2.05, 4.69) is 15.6 Å². The number of amides is 2. The Bertz CT molecular complexity index is 560. The average molecular weight is 290 g/mol. The molecular weight excluding hydrogens is 274 g/mol. The van der Waals surface area contributed by atoms with Crippen molar-refractivity contribution >= 4 is 17.6 Å². The molecule has 2 rings (SSSR count). The molecule has 2 N–H and O–H groups in total. The van der Waals surface area contributed by atoms with Crippen molar-refractivity contribution in [3.63, 3.8) is 0 Å². The predicted molar refractivity (Wildman–Crippen MR) is 79.6 cm³/mol. The van der Waals surface area contributed by atoms with Gasteiger partial charge < -0.3 is 10.6 Å². The minimum absolute atomic E-state index is 0.200. The Morgan fingerprint density at radius 1 is 1.15 bits per heavy atom. The van der Waals surface area contributed by atoms with E-state index in [1.165, 1.54) is 0 Å². The fraction of sp³-hybridized carbons (Fsp3) is 0.200. The van der Waals surface area contributed by atoms with E-state index in [9.17, 15) is 4.79 Å². The molecule has 0 aliphatic rings. The first kappa shape index (κ1) is 14.3. The maximum atomic E-state index is 11.6. The molecule has 0 radical (unpaired) electrons. The van der Waals surface area contributed by atoms with Crippen LogP contribution in [0.2, 0.25) is 5.02 Å². The molecule has 5 heteroatoms. The van der Waals surface area contributed by atoms with Crippen LogP contribution in [-0.2, 0) is 13.0 Å². The lowest BCUT2D eigenvalue weighted by atomic mass is 10.2. The van der Waals surface area contributed by atoms with Crippen LogP contribution in [0.3, 0.4) is 0 Å². The number of halogens is 1. The van der Waals surface area contributed by atoms with Gasteiger partial charge in [-0.25, -0.2) is 4.79 Å². The molecule has 0 bridgehead atoms. The zero-order valence-corrected chi connectivity index (χ0v) is 11.7. The fourth-order valence-corrected chi connectivity index (χ4v) is 1.95. The van der Waals surface area contributed by atoms with Crippen LogP contribution in [0.25, 0.3) is 0 Å². The van der Waals surface area contributed by atoms with Crippen LogP contribution in [0.1, 0.15) is 11.1 Å². The zero-order chi connectivity index (χ0) is 14.2. The fourth-order valence-electron chi connectivity index (χ4n) is 1.75. The van der Waals surface area contributed by atoms with Gasteiger partial charge in [0.2, 0.25) is 0 Å². The Balaban J connectivity index is 1.70. The molecular formula is C15H16ClN3O. The summed E-state index contributed by atoms with van der Waals surface area (Å²) in [5, 5.41) is 6.23. The predicted octanol–water partition coefficient (Wildman–Crippen LogP) is 2.78. The lowest BCUT2D eigenvalue weighted by molar-refractivity contribution is 0.240. The van der Waals surface area contributed by atoms with Crippen LogP contribution in [0.15, 0.2) is 48.8 Å². The number of hydrogen-bond acceptors (Lipinski definition) is 2. The summed E-state index contributed by atoms with van der Waals surface area (Å²) < 4.78 is 0. The first-order valence-electron chi connectivity index (χ1n) is 6.40. The summed E-state index contributed by atoms with van der Waals surface area (Å²) in [6.07, 6.45) is 4.28. The summed E-state index contributed by atoms with van der Waals surface area (Å²) in [6, 6.07) is 11.1. The monoisotopic (exact) mass is 289 g/mol. The summed E-state index contributed by atoms with van der Waals surface area (Å²) in [5.41, 5.74) is 2.00. The molecule has 0 unspecified atom stereocenters. The number of nitrogens with zero attached hydrogens (tertiary/aromatic N) is 1. The minimum atomic E-state index is -0.200. The molecule has 1 aromatic carbocycles. The van der Waals surface area contributed by atoms with E-state index in [1.807, 2.05) is 30.3 Å². The molecule has 0 saturated carbocycles. The van der Waals surface area contributed by atoms with Crippen molar-refractivity contribution in [1.29, 1.82) is 0 Å². The molecule has 0 saturated heterocycles. The molecule has 2 aromatic rings. The largest absolute Gasteiger partial charge is 0.338 e. The van der Waals surface area contributed by atoms with E-state index >= 15 is 0 Å². The molecule has 0 fully saturated rings. The molecule has 0 spiro atoms. The van der Waals surface area contributed by atoms with Crippen LogP contribution in [-0.4, -0.2) is 17.6 Å². The Hall–Kier alpha value is -2.07. The molecule has 0 aliphatic carbocycles. The molecule has 1 heterocycles. The second-order valence-corrected chi connectivity index (χ2v) is 4.72. The SMILES string of the molecule is O=C(NCCc1cccnc1)NCc1ccccc1Cl. The summed E-state index contributed by atoms with van der Waals surface area (Å²) in [7, 11) is 0. The van der Waals surface area contributed by atoms with Crippen molar-refractivity contribution in [2.75, 3.05) is 6.54 Å². The number of pyridine rings is 1. The van der Waals surface area contributed by atoms with Crippen LogP contribution in [0.4, 0.5) is 4.79 Å². The van der Waals surface area contributed by atoms with Crippen molar-refractivity contribution in [2.45, 2.75) is 13.0 Å². The lowest BCUT2D eigenvalue weighted by Gasteiger charge is -2.08. The van der Waals surface area contributed by atoms with Gasteiger partial charge in [0.05, 0.1) is 0 Å². The normalized spacial score (nSPS) is 10.1. The molecule has 4 nitrogen and oxygen atoms in total. The third-order valence-electron chi connectivity index (χ3n) is 2.82. The second kappa shape index (κ2) is 7.50. The highest BCUT2D eigenvalue weighted by Gasteiger charge is 2.02. The van der Waals surface area contributed by atoms with E-state index < -0.39 is 0 Å². The van der Waals surface area contributed by atoms with Gasteiger partial charge in [-0.2, -0.15) is 0 Å². The molecule has 0 aliphatic heterocycles. The Morgan fingerprint density at radius 2 is 2.00 bits per heavy atom. The highest BCUT2D eigenvalue weighted by atomic mass is 35.5. The van der Waals surface area contributed by atoms with Gasteiger partial charge in [0.15, 0.2) is 0 Å². The number of benzene rings is 1.